The molecule has 158 valence electrons. The zero-order valence-electron chi connectivity index (χ0n) is 17.0. The fourth-order valence-corrected chi connectivity index (χ4v) is 3.79. The highest BCUT2D eigenvalue weighted by molar-refractivity contribution is 8.00. The number of benzene rings is 3. The van der Waals surface area contributed by atoms with Crippen molar-refractivity contribution < 1.29 is 19.1 Å². The first kappa shape index (κ1) is 20.8. The predicted octanol–water partition coefficient (Wildman–Crippen LogP) is 4.75. The van der Waals surface area contributed by atoms with Gasteiger partial charge in [0.15, 0.2) is 11.5 Å². The third-order valence-corrected chi connectivity index (χ3v) is 5.60. The molecule has 0 aromatic heterocycles. The maximum Gasteiger partial charge on any atom is 0.255 e. The molecule has 0 saturated carbocycles. The molecule has 0 aliphatic carbocycles. The molecule has 7 heteroatoms. The number of ether oxygens (including phenoxy) is 2. The average molecular weight is 435 g/mol. The van der Waals surface area contributed by atoms with Gasteiger partial charge < -0.3 is 20.1 Å². The summed E-state index contributed by atoms with van der Waals surface area (Å²) in [6.45, 7) is 3.00. The van der Waals surface area contributed by atoms with Crippen LogP contribution >= 0.6 is 11.8 Å². The molecule has 1 heterocycles. The summed E-state index contributed by atoms with van der Waals surface area (Å²) >= 11 is 1.40. The largest absolute Gasteiger partial charge is 0.486 e. The molecular weight excluding hydrogens is 412 g/mol. The first-order valence-electron chi connectivity index (χ1n) is 9.87. The van der Waals surface area contributed by atoms with Gasteiger partial charge in [-0.15, -0.1) is 11.8 Å². The van der Waals surface area contributed by atoms with Gasteiger partial charge in [-0.3, -0.25) is 9.59 Å². The van der Waals surface area contributed by atoms with Gasteiger partial charge in [0.25, 0.3) is 5.91 Å². The third-order valence-electron chi connectivity index (χ3n) is 4.60. The molecule has 1 aliphatic heterocycles. The lowest BCUT2D eigenvalue weighted by Gasteiger charge is -2.19. The van der Waals surface area contributed by atoms with E-state index in [0.29, 0.717) is 41.7 Å². The summed E-state index contributed by atoms with van der Waals surface area (Å²) in [5, 5.41) is 5.77. The summed E-state index contributed by atoms with van der Waals surface area (Å²) in [5.74, 6) is 1.26. The van der Waals surface area contributed by atoms with E-state index in [1.807, 2.05) is 43.3 Å². The van der Waals surface area contributed by atoms with E-state index in [4.69, 9.17) is 9.47 Å². The first-order valence-corrected chi connectivity index (χ1v) is 10.9. The van der Waals surface area contributed by atoms with Gasteiger partial charge >= 0.3 is 0 Å². The summed E-state index contributed by atoms with van der Waals surface area (Å²) < 4.78 is 11.0. The van der Waals surface area contributed by atoms with Crippen LogP contribution in [-0.4, -0.2) is 30.8 Å². The van der Waals surface area contributed by atoms with Crippen molar-refractivity contribution in [3.05, 3.63) is 77.9 Å². The second kappa shape index (κ2) is 9.57. The SMILES string of the molecule is Cc1ccc(C(=O)Nc2cccc(SCC(=O)Nc3ccc4c(c3)OCCO4)c2)cc1. The smallest absolute Gasteiger partial charge is 0.255 e. The number of aryl methyl sites for hydroxylation is 1. The van der Waals surface area contributed by atoms with Crippen molar-refractivity contribution in [3.8, 4) is 11.5 Å². The number of carbonyl (C=O) groups is 2. The summed E-state index contributed by atoms with van der Waals surface area (Å²) in [7, 11) is 0. The molecule has 2 amide bonds. The van der Waals surface area contributed by atoms with Crippen LogP contribution in [0.25, 0.3) is 0 Å². The maximum absolute atomic E-state index is 12.4. The Morgan fingerprint density at radius 1 is 0.871 bits per heavy atom. The number of anilines is 2. The van der Waals surface area contributed by atoms with E-state index in [0.717, 1.165) is 10.5 Å². The van der Waals surface area contributed by atoms with Crippen molar-refractivity contribution in [1.82, 2.24) is 0 Å². The van der Waals surface area contributed by atoms with Crippen LogP contribution in [0.1, 0.15) is 15.9 Å². The molecule has 3 aromatic rings. The maximum atomic E-state index is 12.4. The Morgan fingerprint density at radius 2 is 1.61 bits per heavy atom. The van der Waals surface area contributed by atoms with E-state index in [1.54, 1.807) is 30.3 Å². The van der Waals surface area contributed by atoms with Crippen molar-refractivity contribution in [2.45, 2.75) is 11.8 Å². The number of hydrogen-bond acceptors (Lipinski definition) is 5. The molecule has 0 bridgehead atoms. The van der Waals surface area contributed by atoms with Crippen molar-refractivity contribution in [2.24, 2.45) is 0 Å². The number of amides is 2. The highest BCUT2D eigenvalue weighted by Crippen LogP contribution is 2.32. The Labute approximate surface area is 185 Å². The monoisotopic (exact) mass is 434 g/mol. The van der Waals surface area contributed by atoms with Gasteiger partial charge in [-0.05, 0) is 49.4 Å². The van der Waals surface area contributed by atoms with Gasteiger partial charge in [0.05, 0.1) is 5.75 Å². The standard InChI is InChI=1S/C24H22N2O4S/c1-16-5-7-17(8-6-16)24(28)26-18-3-2-4-20(13-18)31-15-23(27)25-19-9-10-21-22(14-19)30-12-11-29-21/h2-10,13-14H,11-12,15H2,1H3,(H,25,27)(H,26,28). The van der Waals surface area contributed by atoms with Crippen LogP contribution in [0.2, 0.25) is 0 Å². The minimum absolute atomic E-state index is 0.129. The van der Waals surface area contributed by atoms with E-state index >= 15 is 0 Å². The van der Waals surface area contributed by atoms with Crippen LogP contribution < -0.4 is 20.1 Å². The van der Waals surface area contributed by atoms with Crippen LogP contribution in [0.3, 0.4) is 0 Å². The van der Waals surface area contributed by atoms with Gasteiger partial charge in [0, 0.05) is 27.9 Å². The van der Waals surface area contributed by atoms with Crippen LogP contribution in [0.4, 0.5) is 11.4 Å². The molecule has 0 fully saturated rings. The van der Waals surface area contributed by atoms with Crippen molar-refractivity contribution in [3.63, 3.8) is 0 Å². The Bertz CT molecular complexity index is 1100. The summed E-state index contributed by atoms with van der Waals surface area (Å²) in [5.41, 5.74) is 3.05. The molecule has 4 rings (SSSR count). The lowest BCUT2D eigenvalue weighted by Crippen LogP contribution is -2.17. The van der Waals surface area contributed by atoms with E-state index < -0.39 is 0 Å². The third kappa shape index (κ3) is 5.58. The minimum Gasteiger partial charge on any atom is -0.486 e. The summed E-state index contributed by atoms with van der Waals surface area (Å²) in [6.07, 6.45) is 0. The van der Waals surface area contributed by atoms with Crippen molar-refractivity contribution in [2.75, 3.05) is 29.6 Å². The number of carbonyl (C=O) groups excluding carboxylic acids is 2. The molecule has 0 unspecified atom stereocenters. The first-order chi connectivity index (χ1) is 15.1. The quantitative estimate of drug-likeness (QED) is 0.548. The Balaban J connectivity index is 1.32. The zero-order valence-corrected chi connectivity index (χ0v) is 17.8. The predicted molar refractivity (Wildman–Crippen MR) is 122 cm³/mol. The second-order valence-electron chi connectivity index (χ2n) is 7.04. The Hall–Kier alpha value is -3.45. The number of rotatable bonds is 6. The average Bonchev–Trinajstić information content (AvgIpc) is 2.78. The molecule has 1 aliphatic rings. The Kier molecular flexibility index (Phi) is 6.43. The minimum atomic E-state index is -0.168. The van der Waals surface area contributed by atoms with Gasteiger partial charge in [0.1, 0.15) is 13.2 Å². The van der Waals surface area contributed by atoms with Crippen molar-refractivity contribution >= 4 is 35.0 Å². The molecular formula is C24H22N2O4S. The molecule has 0 spiro atoms. The normalized spacial score (nSPS) is 12.2. The fraction of sp³-hybridized carbons (Fsp3) is 0.167. The molecule has 0 atom stereocenters. The van der Waals surface area contributed by atoms with Crippen molar-refractivity contribution in [1.29, 1.82) is 0 Å². The number of hydrogen-bond donors (Lipinski definition) is 2. The van der Waals surface area contributed by atoms with Crippen LogP contribution in [0, 0.1) is 6.92 Å². The van der Waals surface area contributed by atoms with Gasteiger partial charge in [0.2, 0.25) is 5.91 Å². The Morgan fingerprint density at radius 3 is 2.42 bits per heavy atom. The van der Waals surface area contributed by atoms with Crippen LogP contribution in [0.15, 0.2) is 71.6 Å². The molecule has 2 N–H and O–H groups in total. The summed E-state index contributed by atoms with van der Waals surface area (Å²) in [4.78, 5) is 25.7. The van der Waals surface area contributed by atoms with Gasteiger partial charge in [-0.25, -0.2) is 0 Å². The lowest BCUT2D eigenvalue weighted by atomic mass is 10.1. The van der Waals surface area contributed by atoms with Gasteiger partial charge in [-0.1, -0.05) is 23.8 Å². The van der Waals surface area contributed by atoms with E-state index in [1.165, 1.54) is 11.8 Å². The zero-order chi connectivity index (χ0) is 21.6. The van der Waals surface area contributed by atoms with E-state index in [-0.39, 0.29) is 17.6 Å². The van der Waals surface area contributed by atoms with Crippen LogP contribution in [-0.2, 0) is 4.79 Å². The lowest BCUT2D eigenvalue weighted by molar-refractivity contribution is -0.113. The van der Waals surface area contributed by atoms with E-state index in [2.05, 4.69) is 10.6 Å². The molecule has 31 heavy (non-hydrogen) atoms. The number of nitrogens with one attached hydrogen (secondary N) is 2. The highest BCUT2D eigenvalue weighted by Gasteiger charge is 2.13. The van der Waals surface area contributed by atoms with Crippen LogP contribution in [0.5, 0.6) is 11.5 Å². The summed E-state index contributed by atoms with van der Waals surface area (Å²) in [6, 6.07) is 20.2. The number of thioether (sulfide) groups is 1. The molecule has 6 nitrogen and oxygen atoms in total. The molecule has 0 radical (unpaired) electrons. The second-order valence-corrected chi connectivity index (χ2v) is 8.09. The molecule has 0 saturated heterocycles. The fourth-order valence-electron chi connectivity index (χ4n) is 3.04. The highest BCUT2D eigenvalue weighted by atomic mass is 32.2. The van der Waals surface area contributed by atoms with Gasteiger partial charge in [-0.2, -0.15) is 0 Å². The number of fused-ring (bicyclic) bond motifs is 1. The topological polar surface area (TPSA) is 76.7 Å². The molecule has 3 aromatic carbocycles. The van der Waals surface area contributed by atoms with E-state index in [9.17, 15) is 9.59 Å².